The van der Waals surface area contributed by atoms with Crippen LogP contribution in [0.1, 0.15) is 31.7 Å². The van der Waals surface area contributed by atoms with Crippen molar-refractivity contribution in [3.05, 3.63) is 11.4 Å². The molecule has 1 atom stereocenters. The number of ether oxygens (including phenoxy) is 1. The van der Waals surface area contributed by atoms with Crippen LogP contribution in [0.2, 0.25) is 0 Å². The van der Waals surface area contributed by atoms with Crippen LogP contribution in [0.4, 0.5) is 5.95 Å². The Balaban J connectivity index is 2.71. The molecule has 1 rings (SSSR count). The number of aryl methyl sites for hydroxylation is 2. The van der Waals surface area contributed by atoms with Gasteiger partial charge < -0.3 is 10.1 Å². The molecule has 0 bridgehead atoms. The fourth-order valence-electron chi connectivity index (χ4n) is 1.63. The summed E-state index contributed by atoms with van der Waals surface area (Å²) in [7, 11) is 1.68. The van der Waals surface area contributed by atoms with E-state index >= 15 is 0 Å². The van der Waals surface area contributed by atoms with Crippen molar-refractivity contribution in [2.75, 3.05) is 24.9 Å². The van der Waals surface area contributed by atoms with Crippen molar-refractivity contribution in [2.24, 2.45) is 0 Å². The Morgan fingerprint density at radius 3 is 2.50 bits per heavy atom. The summed E-state index contributed by atoms with van der Waals surface area (Å²) < 4.78 is 5.04. The van der Waals surface area contributed by atoms with E-state index in [9.17, 15) is 0 Å². The number of rotatable bonds is 8. The molecule has 0 aliphatic carbocycles. The van der Waals surface area contributed by atoms with E-state index < -0.39 is 0 Å². The first-order chi connectivity index (χ1) is 8.74. The first kappa shape index (κ1) is 15.1. The van der Waals surface area contributed by atoms with Crippen LogP contribution in [0, 0.1) is 0 Å². The second kappa shape index (κ2) is 8.21. The highest BCUT2D eigenvalue weighted by Gasteiger charge is 2.11. The largest absolute Gasteiger partial charge is 0.385 e. The third-order valence-corrected chi connectivity index (χ3v) is 3.07. The van der Waals surface area contributed by atoms with E-state index in [1.807, 2.05) is 0 Å². The Labute approximate surface area is 113 Å². The molecule has 0 aliphatic heterocycles. The highest BCUT2D eigenvalue weighted by Crippen LogP contribution is 2.09. The minimum atomic E-state index is 0.102. The van der Waals surface area contributed by atoms with Crippen LogP contribution in [0.25, 0.3) is 0 Å². The van der Waals surface area contributed by atoms with E-state index in [0.717, 1.165) is 30.7 Å². The molecule has 1 aromatic heterocycles. The van der Waals surface area contributed by atoms with Gasteiger partial charge in [0.2, 0.25) is 5.95 Å². The SMILES string of the molecule is CCc1nnc(NC(CCl)CCOC)nc1CC. The molecule has 1 aromatic rings. The van der Waals surface area contributed by atoms with Crippen LogP contribution < -0.4 is 5.32 Å². The molecule has 0 amide bonds. The minimum Gasteiger partial charge on any atom is -0.385 e. The van der Waals surface area contributed by atoms with E-state index in [0.29, 0.717) is 18.4 Å². The number of hydrogen-bond acceptors (Lipinski definition) is 5. The average Bonchev–Trinajstić information content (AvgIpc) is 2.43. The molecule has 6 heteroatoms. The van der Waals surface area contributed by atoms with Gasteiger partial charge in [-0.15, -0.1) is 16.7 Å². The van der Waals surface area contributed by atoms with Crippen molar-refractivity contribution >= 4 is 17.5 Å². The van der Waals surface area contributed by atoms with Crippen LogP contribution in [-0.2, 0) is 17.6 Å². The smallest absolute Gasteiger partial charge is 0.243 e. The molecular formula is C12H21ClN4O. The summed E-state index contributed by atoms with van der Waals surface area (Å²) in [4.78, 5) is 4.47. The number of aromatic nitrogens is 3. The van der Waals surface area contributed by atoms with E-state index in [2.05, 4.69) is 34.3 Å². The number of anilines is 1. The molecule has 1 unspecified atom stereocenters. The van der Waals surface area contributed by atoms with Gasteiger partial charge in [0.1, 0.15) is 0 Å². The Kier molecular flexibility index (Phi) is 6.90. The quantitative estimate of drug-likeness (QED) is 0.734. The van der Waals surface area contributed by atoms with Crippen molar-refractivity contribution in [3.8, 4) is 0 Å². The van der Waals surface area contributed by atoms with E-state index in [1.165, 1.54) is 0 Å². The van der Waals surface area contributed by atoms with E-state index in [4.69, 9.17) is 16.3 Å². The van der Waals surface area contributed by atoms with Gasteiger partial charge in [-0.25, -0.2) is 4.98 Å². The van der Waals surface area contributed by atoms with Crippen LogP contribution in [0.15, 0.2) is 0 Å². The molecule has 0 aromatic carbocycles. The molecular weight excluding hydrogens is 252 g/mol. The van der Waals surface area contributed by atoms with Gasteiger partial charge in [0.05, 0.1) is 11.4 Å². The molecule has 1 heterocycles. The van der Waals surface area contributed by atoms with E-state index in [1.54, 1.807) is 7.11 Å². The lowest BCUT2D eigenvalue weighted by atomic mass is 10.2. The van der Waals surface area contributed by atoms with Gasteiger partial charge in [-0.1, -0.05) is 13.8 Å². The molecule has 0 radical (unpaired) electrons. The monoisotopic (exact) mass is 272 g/mol. The van der Waals surface area contributed by atoms with Gasteiger partial charge in [-0.3, -0.25) is 0 Å². The van der Waals surface area contributed by atoms with Gasteiger partial charge in [0, 0.05) is 25.6 Å². The van der Waals surface area contributed by atoms with Crippen molar-refractivity contribution in [1.29, 1.82) is 0 Å². The molecule has 18 heavy (non-hydrogen) atoms. The first-order valence-electron chi connectivity index (χ1n) is 6.29. The van der Waals surface area contributed by atoms with Crippen LogP contribution in [0.3, 0.4) is 0 Å². The molecule has 0 saturated heterocycles. The number of methoxy groups -OCH3 is 1. The Hall–Kier alpha value is -0.940. The zero-order valence-electron chi connectivity index (χ0n) is 11.2. The fraction of sp³-hybridized carbons (Fsp3) is 0.750. The lowest BCUT2D eigenvalue weighted by Gasteiger charge is -2.15. The average molecular weight is 273 g/mol. The first-order valence-corrected chi connectivity index (χ1v) is 6.82. The summed E-state index contributed by atoms with van der Waals surface area (Å²) in [6.45, 7) is 4.78. The van der Waals surface area contributed by atoms with Crippen LogP contribution in [-0.4, -0.2) is 40.8 Å². The third-order valence-electron chi connectivity index (χ3n) is 2.70. The highest BCUT2D eigenvalue weighted by molar-refractivity contribution is 6.18. The summed E-state index contributed by atoms with van der Waals surface area (Å²) in [5.41, 5.74) is 1.96. The van der Waals surface area contributed by atoms with Crippen LogP contribution >= 0.6 is 11.6 Å². The Morgan fingerprint density at radius 2 is 1.94 bits per heavy atom. The van der Waals surface area contributed by atoms with Crippen LogP contribution in [0.5, 0.6) is 0 Å². The fourth-order valence-corrected chi connectivity index (χ4v) is 1.86. The van der Waals surface area contributed by atoms with E-state index in [-0.39, 0.29) is 6.04 Å². The van der Waals surface area contributed by atoms with Crippen molar-refractivity contribution in [1.82, 2.24) is 15.2 Å². The number of nitrogens with one attached hydrogen (secondary N) is 1. The van der Waals surface area contributed by atoms with Gasteiger partial charge in [0.25, 0.3) is 0 Å². The molecule has 0 aliphatic rings. The molecule has 1 N–H and O–H groups in total. The molecule has 0 spiro atoms. The standard InChI is InChI=1S/C12H21ClN4O/c1-4-10-11(5-2)16-17-12(15-10)14-9(8-13)6-7-18-3/h9H,4-8H2,1-3H3,(H,14,15,17). The summed E-state index contributed by atoms with van der Waals surface area (Å²) in [5, 5.41) is 11.5. The Morgan fingerprint density at radius 1 is 1.22 bits per heavy atom. The summed E-state index contributed by atoms with van der Waals surface area (Å²) >= 11 is 5.89. The molecule has 5 nitrogen and oxygen atoms in total. The number of hydrogen-bond donors (Lipinski definition) is 1. The third kappa shape index (κ3) is 4.38. The zero-order valence-corrected chi connectivity index (χ0v) is 12.0. The maximum Gasteiger partial charge on any atom is 0.243 e. The second-order valence-electron chi connectivity index (χ2n) is 4.01. The lowest BCUT2D eigenvalue weighted by Crippen LogP contribution is -2.25. The lowest BCUT2D eigenvalue weighted by molar-refractivity contribution is 0.191. The molecule has 0 saturated carbocycles. The zero-order chi connectivity index (χ0) is 13.4. The number of halogens is 1. The Bertz CT molecular complexity index is 362. The molecule has 0 fully saturated rings. The maximum absolute atomic E-state index is 5.89. The number of nitrogens with zero attached hydrogens (tertiary/aromatic N) is 3. The van der Waals surface area contributed by atoms with Crippen molar-refractivity contribution in [3.63, 3.8) is 0 Å². The summed E-state index contributed by atoms with van der Waals surface area (Å²) in [5.74, 6) is 1.04. The number of alkyl halides is 1. The summed E-state index contributed by atoms with van der Waals surface area (Å²) in [6, 6.07) is 0.102. The predicted molar refractivity (Wildman–Crippen MR) is 73.2 cm³/mol. The normalized spacial score (nSPS) is 12.4. The van der Waals surface area contributed by atoms with Gasteiger partial charge in [-0.2, -0.15) is 5.10 Å². The topological polar surface area (TPSA) is 59.9 Å². The van der Waals surface area contributed by atoms with Gasteiger partial charge in [0.15, 0.2) is 0 Å². The predicted octanol–water partition coefficient (Wildman–Crippen LogP) is 2.05. The highest BCUT2D eigenvalue weighted by atomic mass is 35.5. The van der Waals surface area contributed by atoms with Crippen molar-refractivity contribution < 1.29 is 4.74 Å². The molecule has 102 valence electrons. The second-order valence-corrected chi connectivity index (χ2v) is 4.32. The maximum atomic E-state index is 5.89. The van der Waals surface area contributed by atoms with Gasteiger partial charge in [-0.05, 0) is 19.3 Å². The summed E-state index contributed by atoms with van der Waals surface area (Å²) in [6.07, 6.45) is 2.53. The van der Waals surface area contributed by atoms with Gasteiger partial charge >= 0.3 is 0 Å². The minimum absolute atomic E-state index is 0.102. The van der Waals surface area contributed by atoms with Crippen molar-refractivity contribution in [2.45, 2.75) is 39.2 Å².